The Labute approximate surface area is 113 Å². The number of nitrogens with zero attached hydrogens (tertiary/aromatic N) is 1. The van der Waals surface area contributed by atoms with Crippen LogP contribution in [0.2, 0.25) is 0 Å². The molecule has 0 spiro atoms. The second-order valence-electron chi connectivity index (χ2n) is 5.13. The monoisotopic (exact) mass is 261 g/mol. The van der Waals surface area contributed by atoms with Gasteiger partial charge in [-0.1, -0.05) is 25.2 Å². The van der Waals surface area contributed by atoms with E-state index in [1.54, 1.807) is 0 Å². The number of hydrogen-bond acceptors (Lipinski definition) is 3. The Bertz CT molecular complexity index is 482. The first-order valence-corrected chi connectivity index (χ1v) is 6.47. The van der Waals surface area contributed by atoms with Gasteiger partial charge in [0.25, 0.3) is 0 Å². The van der Waals surface area contributed by atoms with Crippen LogP contribution >= 0.6 is 0 Å². The van der Waals surface area contributed by atoms with E-state index in [0.29, 0.717) is 24.8 Å². The van der Waals surface area contributed by atoms with Gasteiger partial charge in [0.2, 0.25) is 0 Å². The van der Waals surface area contributed by atoms with Crippen molar-refractivity contribution in [3.05, 3.63) is 11.6 Å². The van der Waals surface area contributed by atoms with Crippen molar-refractivity contribution >= 4 is 5.97 Å². The molecule has 0 heterocycles. The number of allylic oxidation sites excluding steroid dienone is 1. The molecular weight excluding hydrogens is 242 g/mol. The second-order valence-corrected chi connectivity index (χ2v) is 5.13. The minimum absolute atomic E-state index is 0.475. The van der Waals surface area contributed by atoms with Gasteiger partial charge in [0.1, 0.15) is 5.60 Å². The molecule has 0 unspecified atom stereocenters. The Morgan fingerprint density at radius 2 is 2.16 bits per heavy atom. The van der Waals surface area contributed by atoms with Crippen LogP contribution in [0.15, 0.2) is 11.6 Å². The van der Waals surface area contributed by atoms with Gasteiger partial charge in [0, 0.05) is 11.6 Å². The molecule has 0 aliphatic heterocycles. The number of carbonyl (C=O) groups is 1. The van der Waals surface area contributed by atoms with E-state index >= 15 is 0 Å². The van der Waals surface area contributed by atoms with Crippen molar-refractivity contribution in [1.29, 1.82) is 5.26 Å². The maximum Gasteiger partial charge on any atom is 0.329 e. The fraction of sp³-hybridized carbons (Fsp3) is 0.600. The molecule has 0 aromatic carbocycles. The molecule has 0 amide bonds. The minimum Gasteiger partial charge on any atom is -0.478 e. The van der Waals surface area contributed by atoms with Crippen LogP contribution in [0, 0.1) is 28.6 Å². The Morgan fingerprint density at radius 3 is 2.53 bits per heavy atom. The van der Waals surface area contributed by atoms with Gasteiger partial charge in [-0.25, -0.2) is 4.79 Å². The molecule has 0 radical (unpaired) electrons. The Morgan fingerprint density at radius 1 is 1.53 bits per heavy atom. The number of carboxylic acids is 1. The highest BCUT2D eigenvalue weighted by Gasteiger charge is 2.51. The topological polar surface area (TPSA) is 81.3 Å². The molecule has 4 nitrogen and oxygen atoms in total. The molecule has 0 bridgehead atoms. The van der Waals surface area contributed by atoms with E-state index in [1.807, 2.05) is 6.92 Å². The molecule has 1 rings (SSSR count). The van der Waals surface area contributed by atoms with Gasteiger partial charge in [0.15, 0.2) is 0 Å². The van der Waals surface area contributed by atoms with E-state index in [4.69, 9.17) is 5.11 Å². The minimum atomic E-state index is -1.40. The van der Waals surface area contributed by atoms with Crippen molar-refractivity contribution in [2.45, 2.75) is 51.6 Å². The molecule has 4 heteroatoms. The van der Waals surface area contributed by atoms with Gasteiger partial charge < -0.3 is 10.2 Å². The van der Waals surface area contributed by atoms with Crippen LogP contribution in [0.3, 0.4) is 0 Å². The van der Waals surface area contributed by atoms with Gasteiger partial charge in [-0.15, -0.1) is 0 Å². The summed E-state index contributed by atoms with van der Waals surface area (Å²) in [5.41, 5.74) is -1.73. The zero-order valence-electron chi connectivity index (χ0n) is 11.4. The number of rotatable bonds is 4. The molecule has 0 saturated heterocycles. The second kappa shape index (κ2) is 5.91. The Hall–Kier alpha value is -1.78. The fourth-order valence-corrected chi connectivity index (χ4v) is 2.15. The van der Waals surface area contributed by atoms with E-state index in [-0.39, 0.29) is 0 Å². The van der Waals surface area contributed by atoms with Crippen molar-refractivity contribution < 1.29 is 15.0 Å². The first-order valence-electron chi connectivity index (χ1n) is 6.47. The number of aliphatic hydroxyl groups is 1. The predicted octanol–water partition coefficient (Wildman–Crippen LogP) is 2.25. The molecule has 2 N–H and O–H groups in total. The molecule has 1 aliphatic carbocycles. The third kappa shape index (κ3) is 3.36. The van der Waals surface area contributed by atoms with Crippen molar-refractivity contribution in [2.75, 3.05) is 0 Å². The number of aliphatic carboxylic acids is 1. The van der Waals surface area contributed by atoms with Crippen molar-refractivity contribution in [3.63, 3.8) is 0 Å². The van der Waals surface area contributed by atoms with Crippen LogP contribution in [0.1, 0.15) is 46.0 Å². The average molecular weight is 261 g/mol. The van der Waals surface area contributed by atoms with Crippen LogP contribution in [0.5, 0.6) is 0 Å². The zero-order chi connectivity index (χ0) is 14.5. The molecule has 19 heavy (non-hydrogen) atoms. The van der Waals surface area contributed by atoms with Crippen molar-refractivity contribution in [3.8, 4) is 17.9 Å². The van der Waals surface area contributed by atoms with Crippen LogP contribution < -0.4 is 0 Å². The molecule has 0 aromatic rings. The third-order valence-corrected chi connectivity index (χ3v) is 3.64. The zero-order valence-corrected chi connectivity index (χ0v) is 11.4. The molecule has 1 aliphatic rings. The predicted molar refractivity (Wildman–Crippen MR) is 70.9 cm³/mol. The highest BCUT2D eigenvalue weighted by atomic mass is 16.4. The lowest BCUT2D eigenvalue weighted by Gasteiger charge is -2.43. The largest absolute Gasteiger partial charge is 0.478 e. The standard InChI is InChI=1S/C15H19NO3/c1-3-5-12(10-13(17)18)6-9-14(2,19)15(11-16)7-4-8-15/h10,19H,3-5,7-8H2,1-2H3,(H,17,18)/b12-10-/t14-/m1/s1. The number of carboxylic acid groups (broad SMARTS) is 1. The summed E-state index contributed by atoms with van der Waals surface area (Å²) in [7, 11) is 0. The fourth-order valence-electron chi connectivity index (χ4n) is 2.15. The third-order valence-electron chi connectivity index (χ3n) is 3.64. The van der Waals surface area contributed by atoms with Gasteiger partial charge >= 0.3 is 5.97 Å². The van der Waals surface area contributed by atoms with Crippen LogP contribution in [-0.4, -0.2) is 21.8 Å². The summed E-state index contributed by atoms with van der Waals surface area (Å²) in [6, 6.07) is 2.16. The SMILES string of the molecule is CCC/C(C#C[C@@](C)(O)C1(C#N)CCC1)=C/C(=O)O. The lowest BCUT2D eigenvalue weighted by molar-refractivity contribution is -0.131. The summed E-state index contributed by atoms with van der Waals surface area (Å²) in [6.45, 7) is 3.46. The van der Waals surface area contributed by atoms with E-state index in [0.717, 1.165) is 18.9 Å². The summed E-state index contributed by atoms with van der Waals surface area (Å²) in [5, 5.41) is 28.3. The van der Waals surface area contributed by atoms with E-state index in [2.05, 4.69) is 17.9 Å². The highest BCUT2D eigenvalue weighted by molar-refractivity contribution is 5.81. The van der Waals surface area contributed by atoms with E-state index < -0.39 is 17.0 Å². The van der Waals surface area contributed by atoms with Gasteiger partial charge in [-0.3, -0.25) is 0 Å². The lowest BCUT2D eigenvalue weighted by Crippen LogP contribution is -2.48. The smallest absolute Gasteiger partial charge is 0.329 e. The molecule has 1 fully saturated rings. The summed E-state index contributed by atoms with van der Waals surface area (Å²) >= 11 is 0. The first-order chi connectivity index (χ1) is 8.87. The summed E-state index contributed by atoms with van der Waals surface area (Å²) in [4.78, 5) is 10.7. The quantitative estimate of drug-likeness (QED) is 0.600. The summed E-state index contributed by atoms with van der Waals surface area (Å²) in [5.74, 6) is 4.38. The van der Waals surface area contributed by atoms with Crippen molar-refractivity contribution in [2.24, 2.45) is 5.41 Å². The highest BCUT2D eigenvalue weighted by Crippen LogP contribution is 2.48. The Kier molecular flexibility index (Phi) is 4.75. The van der Waals surface area contributed by atoms with E-state index in [1.165, 1.54) is 6.92 Å². The van der Waals surface area contributed by atoms with Crippen LogP contribution in [0.4, 0.5) is 0 Å². The Balaban J connectivity index is 2.96. The van der Waals surface area contributed by atoms with Gasteiger partial charge in [-0.05, 0) is 32.6 Å². The van der Waals surface area contributed by atoms with Gasteiger partial charge in [-0.2, -0.15) is 5.26 Å². The average Bonchev–Trinajstić information content (AvgIpc) is 2.24. The molecule has 0 aromatic heterocycles. The first kappa shape index (κ1) is 15.3. The number of nitriles is 1. The van der Waals surface area contributed by atoms with Crippen molar-refractivity contribution in [1.82, 2.24) is 0 Å². The molecule has 1 saturated carbocycles. The normalized spacial score (nSPS) is 20.2. The molecule has 102 valence electrons. The molecular formula is C15H19NO3. The molecule has 1 atom stereocenters. The van der Waals surface area contributed by atoms with Crippen LogP contribution in [0.25, 0.3) is 0 Å². The number of hydrogen-bond donors (Lipinski definition) is 2. The van der Waals surface area contributed by atoms with Gasteiger partial charge in [0.05, 0.1) is 11.5 Å². The maximum atomic E-state index is 10.7. The summed E-state index contributed by atoms with van der Waals surface area (Å²) < 4.78 is 0. The summed E-state index contributed by atoms with van der Waals surface area (Å²) in [6.07, 6.45) is 4.58. The van der Waals surface area contributed by atoms with Crippen LogP contribution in [-0.2, 0) is 4.79 Å². The van der Waals surface area contributed by atoms with E-state index in [9.17, 15) is 15.2 Å². The maximum absolute atomic E-state index is 10.7. The lowest BCUT2D eigenvalue weighted by atomic mass is 9.60.